The van der Waals surface area contributed by atoms with E-state index in [1.807, 2.05) is 49.4 Å². The lowest BCUT2D eigenvalue weighted by Gasteiger charge is -2.29. The molecule has 0 radical (unpaired) electrons. The van der Waals surface area contributed by atoms with Gasteiger partial charge in [-0.25, -0.2) is 0 Å². The lowest BCUT2D eigenvalue weighted by atomic mass is 9.82. The molecule has 9 heteroatoms. The van der Waals surface area contributed by atoms with Gasteiger partial charge in [0.2, 0.25) is 5.91 Å². The predicted molar refractivity (Wildman–Crippen MR) is 118 cm³/mol. The van der Waals surface area contributed by atoms with Crippen LogP contribution in [0.4, 0.5) is 5.82 Å². The van der Waals surface area contributed by atoms with Gasteiger partial charge in [-0.1, -0.05) is 52.3 Å². The van der Waals surface area contributed by atoms with E-state index < -0.39 is 17.4 Å². The van der Waals surface area contributed by atoms with E-state index in [9.17, 15) is 9.59 Å². The molecule has 4 rings (SSSR count). The summed E-state index contributed by atoms with van der Waals surface area (Å²) in [5, 5.41) is 12.8. The Morgan fingerprint density at radius 2 is 1.93 bits per heavy atom. The molecule has 1 unspecified atom stereocenters. The quantitative estimate of drug-likeness (QED) is 0.460. The van der Waals surface area contributed by atoms with Crippen molar-refractivity contribution in [2.75, 3.05) is 12.0 Å². The maximum Gasteiger partial charge on any atom is 0.273 e. The highest BCUT2D eigenvalue weighted by molar-refractivity contribution is 9.10. The van der Waals surface area contributed by atoms with Gasteiger partial charge in [0, 0.05) is 10.5 Å². The number of carbonyl (C=O) groups excluding carboxylic acids is 2. The first-order valence-corrected chi connectivity index (χ1v) is 10.00. The van der Waals surface area contributed by atoms with Crippen LogP contribution < -0.4 is 16.4 Å². The van der Waals surface area contributed by atoms with Crippen molar-refractivity contribution >= 4 is 39.3 Å². The third kappa shape index (κ3) is 3.42. The number of amides is 2. The zero-order valence-electron chi connectivity index (χ0n) is 16.1. The topological polar surface area (TPSA) is 125 Å². The molecule has 30 heavy (non-hydrogen) atoms. The molecule has 152 valence electrons. The van der Waals surface area contributed by atoms with Crippen LogP contribution in [-0.4, -0.2) is 34.4 Å². The molecule has 2 aromatic carbocycles. The molecule has 5 N–H and O–H groups in total. The van der Waals surface area contributed by atoms with E-state index in [-0.39, 0.29) is 12.4 Å². The van der Waals surface area contributed by atoms with E-state index in [2.05, 4.69) is 41.8 Å². The van der Waals surface area contributed by atoms with E-state index in [1.54, 1.807) is 12.1 Å². The molecule has 0 saturated carbocycles. The number of H-pyrrole nitrogens is 1. The van der Waals surface area contributed by atoms with E-state index >= 15 is 0 Å². The van der Waals surface area contributed by atoms with Crippen molar-refractivity contribution in [3.05, 3.63) is 70.2 Å². The fourth-order valence-corrected chi connectivity index (χ4v) is 3.93. The van der Waals surface area contributed by atoms with Gasteiger partial charge < -0.3 is 11.1 Å². The highest BCUT2D eigenvalue weighted by atomic mass is 79.9. The van der Waals surface area contributed by atoms with Crippen LogP contribution in [0.3, 0.4) is 0 Å². The predicted octanol–water partition coefficient (Wildman–Crippen LogP) is 2.47. The number of hydrogen-bond donors (Lipinski definition) is 4. The molecule has 2 heterocycles. The minimum Gasteiger partial charge on any atom is -0.367 e. The lowest BCUT2D eigenvalue weighted by Crippen LogP contribution is -2.58. The van der Waals surface area contributed by atoms with Crippen molar-refractivity contribution in [1.29, 1.82) is 0 Å². The van der Waals surface area contributed by atoms with Gasteiger partial charge >= 0.3 is 0 Å². The molecule has 2 amide bonds. The molecule has 8 nitrogen and oxygen atoms in total. The van der Waals surface area contributed by atoms with E-state index in [0.29, 0.717) is 11.4 Å². The third-order valence-electron chi connectivity index (χ3n) is 5.03. The minimum absolute atomic E-state index is 0.000427. The van der Waals surface area contributed by atoms with Crippen molar-refractivity contribution in [2.24, 2.45) is 10.7 Å². The van der Waals surface area contributed by atoms with Gasteiger partial charge in [-0.15, -0.1) is 0 Å². The third-order valence-corrected chi connectivity index (χ3v) is 5.52. The standard InChI is InChI=1S/C21H19BrN6O2/c1-12-7-8-14(22)9-15(12)21(20(23)30)18(24-11-25-21)19(29)26-17-10-16(27-28-17)13-5-3-2-4-6-13/h2-10,25H,11H2,1H3,(H2,23,30)(H2,26,27,28,29). The number of nitrogens with one attached hydrogen (secondary N) is 3. The Hall–Kier alpha value is -3.30. The van der Waals surface area contributed by atoms with Gasteiger partial charge in [-0.2, -0.15) is 5.10 Å². The zero-order valence-corrected chi connectivity index (χ0v) is 17.7. The molecule has 0 saturated heterocycles. The van der Waals surface area contributed by atoms with Crippen LogP contribution in [0.2, 0.25) is 0 Å². The van der Waals surface area contributed by atoms with Crippen LogP contribution in [-0.2, 0) is 15.1 Å². The number of aromatic nitrogens is 2. The molecular formula is C21H19BrN6O2. The first-order chi connectivity index (χ1) is 14.4. The zero-order chi connectivity index (χ0) is 21.3. The number of nitrogens with two attached hydrogens (primary N) is 1. The average Bonchev–Trinajstić information content (AvgIpc) is 3.38. The number of hydrogen-bond acceptors (Lipinski definition) is 5. The number of aliphatic imine (C=N–C) groups is 1. The molecule has 1 aromatic heterocycles. The Labute approximate surface area is 181 Å². The number of aromatic amines is 1. The first kappa shape index (κ1) is 20.0. The maximum atomic E-state index is 13.1. The summed E-state index contributed by atoms with van der Waals surface area (Å²) in [4.78, 5) is 30.0. The largest absolute Gasteiger partial charge is 0.367 e. The molecule has 0 bridgehead atoms. The number of carbonyl (C=O) groups is 2. The second kappa shape index (κ2) is 7.85. The number of halogens is 1. The van der Waals surface area contributed by atoms with Crippen molar-refractivity contribution in [3.8, 4) is 11.3 Å². The molecule has 1 aliphatic rings. The lowest BCUT2D eigenvalue weighted by molar-refractivity contribution is -0.123. The summed E-state index contributed by atoms with van der Waals surface area (Å²) >= 11 is 3.42. The van der Waals surface area contributed by atoms with Gasteiger partial charge in [0.1, 0.15) is 5.71 Å². The number of nitrogens with zero attached hydrogens (tertiary/aromatic N) is 2. The number of anilines is 1. The van der Waals surface area contributed by atoms with Gasteiger partial charge in [-0.3, -0.25) is 25.0 Å². The second-order valence-corrected chi connectivity index (χ2v) is 7.82. The number of primary amides is 1. The monoisotopic (exact) mass is 466 g/mol. The Morgan fingerprint density at radius 3 is 2.67 bits per heavy atom. The van der Waals surface area contributed by atoms with Gasteiger partial charge in [0.05, 0.1) is 12.4 Å². The second-order valence-electron chi connectivity index (χ2n) is 6.90. The summed E-state index contributed by atoms with van der Waals surface area (Å²) in [6, 6.07) is 16.8. The summed E-state index contributed by atoms with van der Waals surface area (Å²) in [6.07, 6.45) is 0. The molecule has 1 aliphatic heterocycles. The highest BCUT2D eigenvalue weighted by Gasteiger charge is 2.50. The van der Waals surface area contributed by atoms with Crippen molar-refractivity contribution < 1.29 is 9.59 Å². The summed E-state index contributed by atoms with van der Waals surface area (Å²) in [5.41, 5.74) is 7.31. The fourth-order valence-electron chi connectivity index (χ4n) is 3.57. The van der Waals surface area contributed by atoms with Crippen molar-refractivity contribution in [3.63, 3.8) is 0 Å². The Morgan fingerprint density at radius 1 is 1.17 bits per heavy atom. The van der Waals surface area contributed by atoms with Crippen LogP contribution >= 0.6 is 15.9 Å². The van der Waals surface area contributed by atoms with Crippen LogP contribution in [0.1, 0.15) is 11.1 Å². The number of rotatable bonds is 5. The summed E-state index contributed by atoms with van der Waals surface area (Å²) in [5.74, 6) is -0.941. The molecule has 0 fully saturated rings. The van der Waals surface area contributed by atoms with Crippen LogP contribution in [0.5, 0.6) is 0 Å². The van der Waals surface area contributed by atoms with E-state index in [4.69, 9.17) is 5.73 Å². The van der Waals surface area contributed by atoms with E-state index in [1.165, 1.54) is 0 Å². The van der Waals surface area contributed by atoms with Crippen LogP contribution in [0, 0.1) is 6.92 Å². The molecule has 0 spiro atoms. The minimum atomic E-state index is -1.53. The molecule has 3 aromatic rings. The Bertz CT molecular complexity index is 1160. The van der Waals surface area contributed by atoms with Crippen LogP contribution in [0.25, 0.3) is 11.3 Å². The van der Waals surface area contributed by atoms with Gasteiger partial charge in [0.15, 0.2) is 11.4 Å². The highest BCUT2D eigenvalue weighted by Crippen LogP contribution is 2.32. The molecule has 0 aliphatic carbocycles. The van der Waals surface area contributed by atoms with Gasteiger partial charge in [-0.05, 0) is 35.7 Å². The first-order valence-electron chi connectivity index (χ1n) is 9.20. The fraction of sp³-hybridized carbons (Fsp3) is 0.143. The maximum absolute atomic E-state index is 13.1. The summed E-state index contributed by atoms with van der Waals surface area (Å²) < 4.78 is 0.761. The van der Waals surface area contributed by atoms with Crippen LogP contribution in [0.15, 0.2) is 64.1 Å². The average molecular weight is 467 g/mol. The molecule has 1 atom stereocenters. The summed E-state index contributed by atoms with van der Waals surface area (Å²) in [7, 11) is 0. The van der Waals surface area contributed by atoms with E-state index in [0.717, 1.165) is 21.3 Å². The summed E-state index contributed by atoms with van der Waals surface area (Å²) in [6.45, 7) is 1.94. The SMILES string of the molecule is Cc1ccc(Br)cc1C1(C(N)=O)NCN=C1C(=O)Nc1cc(-c2ccccc2)[nH]n1. The van der Waals surface area contributed by atoms with Crippen molar-refractivity contribution in [1.82, 2.24) is 15.5 Å². The molecular weight excluding hydrogens is 448 g/mol. The normalized spacial score (nSPS) is 18.1. The smallest absolute Gasteiger partial charge is 0.273 e. The Kier molecular flexibility index (Phi) is 5.23. The Balaban J connectivity index is 1.66. The number of aryl methyl sites for hydroxylation is 1. The van der Waals surface area contributed by atoms with Crippen molar-refractivity contribution in [2.45, 2.75) is 12.5 Å². The van der Waals surface area contributed by atoms with Gasteiger partial charge in [0.25, 0.3) is 5.91 Å². The number of benzene rings is 2.